The topological polar surface area (TPSA) is 83.5 Å². The van der Waals surface area contributed by atoms with Gasteiger partial charge in [-0.15, -0.1) is 0 Å². The Morgan fingerprint density at radius 3 is 2.58 bits per heavy atom. The number of unbranched alkanes of at least 4 members (excludes halogenated alkanes) is 1. The minimum Gasteiger partial charge on any atom is -0.480 e. The van der Waals surface area contributed by atoms with Gasteiger partial charge in [-0.1, -0.05) is 31.9 Å². The third-order valence-corrected chi connectivity index (χ3v) is 4.07. The van der Waals surface area contributed by atoms with Crippen LogP contribution in [-0.2, 0) is 14.8 Å². The molecule has 0 aliphatic rings. The number of sulfonamides is 1. The van der Waals surface area contributed by atoms with Gasteiger partial charge in [-0.3, -0.25) is 4.79 Å². The molecule has 7 heteroatoms. The summed E-state index contributed by atoms with van der Waals surface area (Å²) < 4.78 is 39.3. The van der Waals surface area contributed by atoms with Gasteiger partial charge in [0.15, 0.2) is 0 Å². The maximum atomic E-state index is 13.4. The second-order valence-corrected chi connectivity index (χ2v) is 5.77. The summed E-state index contributed by atoms with van der Waals surface area (Å²) in [6, 6.07) is 3.59. The van der Waals surface area contributed by atoms with Gasteiger partial charge >= 0.3 is 5.97 Å². The third-order valence-electron chi connectivity index (χ3n) is 2.57. The van der Waals surface area contributed by atoms with E-state index < -0.39 is 32.7 Å². The highest BCUT2D eigenvalue weighted by atomic mass is 32.2. The Bertz CT molecular complexity index is 544. The average molecular weight is 289 g/mol. The average Bonchev–Trinajstić information content (AvgIpc) is 2.34. The molecule has 1 unspecified atom stereocenters. The van der Waals surface area contributed by atoms with E-state index in [1.807, 2.05) is 11.6 Å². The molecular formula is C12H16FNO4S. The van der Waals surface area contributed by atoms with Gasteiger partial charge in [-0.25, -0.2) is 12.8 Å². The van der Waals surface area contributed by atoms with Crippen LogP contribution in [0.3, 0.4) is 0 Å². The molecule has 5 nitrogen and oxygen atoms in total. The second-order valence-electron chi connectivity index (χ2n) is 4.08. The van der Waals surface area contributed by atoms with Crippen molar-refractivity contribution in [3.05, 3.63) is 30.1 Å². The normalized spacial score (nSPS) is 13.2. The number of nitrogens with one attached hydrogen (secondary N) is 1. The molecule has 1 aromatic rings. The summed E-state index contributed by atoms with van der Waals surface area (Å²) in [4.78, 5) is 10.4. The molecule has 0 aliphatic heterocycles. The van der Waals surface area contributed by atoms with Crippen LogP contribution in [0.1, 0.15) is 26.2 Å². The molecule has 0 bridgehead atoms. The van der Waals surface area contributed by atoms with Gasteiger partial charge in [0.25, 0.3) is 0 Å². The van der Waals surface area contributed by atoms with Crippen molar-refractivity contribution in [3.63, 3.8) is 0 Å². The predicted octanol–water partition coefficient (Wildman–Crippen LogP) is 1.75. The number of carbonyl (C=O) groups is 1. The van der Waals surface area contributed by atoms with Gasteiger partial charge < -0.3 is 5.11 Å². The maximum Gasteiger partial charge on any atom is 0.321 e. The molecule has 0 saturated heterocycles. The molecule has 2 N–H and O–H groups in total. The van der Waals surface area contributed by atoms with Gasteiger partial charge in [0, 0.05) is 0 Å². The zero-order valence-electron chi connectivity index (χ0n) is 10.5. The largest absolute Gasteiger partial charge is 0.480 e. The van der Waals surface area contributed by atoms with E-state index in [9.17, 15) is 17.6 Å². The van der Waals surface area contributed by atoms with Crippen molar-refractivity contribution in [2.75, 3.05) is 0 Å². The van der Waals surface area contributed by atoms with Crippen molar-refractivity contribution in [2.24, 2.45) is 0 Å². The van der Waals surface area contributed by atoms with E-state index in [2.05, 4.69) is 0 Å². The van der Waals surface area contributed by atoms with Crippen LogP contribution in [-0.4, -0.2) is 25.5 Å². The number of carboxylic acid groups (broad SMARTS) is 1. The smallest absolute Gasteiger partial charge is 0.321 e. The zero-order valence-corrected chi connectivity index (χ0v) is 11.3. The van der Waals surface area contributed by atoms with Crippen molar-refractivity contribution in [2.45, 2.75) is 37.1 Å². The number of hydrogen-bond acceptors (Lipinski definition) is 3. The van der Waals surface area contributed by atoms with Crippen LogP contribution in [0, 0.1) is 5.82 Å². The number of rotatable bonds is 7. The highest BCUT2D eigenvalue weighted by Gasteiger charge is 2.26. The van der Waals surface area contributed by atoms with Crippen molar-refractivity contribution < 1.29 is 22.7 Å². The summed E-state index contributed by atoms with van der Waals surface area (Å²) in [5.74, 6) is -2.18. The van der Waals surface area contributed by atoms with Gasteiger partial charge in [-0.05, 0) is 18.6 Å². The van der Waals surface area contributed by atoms with E-state index in [1.54, 1.807) is 0 Å². The van der Waals surface area contributed by atoms with Gasteiger partial charge in [0.05, 0.1) is 0 Å². The molecule has 1 aromatic carbocycles. The summed E-state index contributed by atoms with van der Waals surface area (Å²) >= 11 is 0. The summed E-state index contributed by atoms with van der Waals surface area (Å²) in [6.07, 6.45) is 1.47. The summed E-state index contributed by atoms with van der Waals surface area (Å²) in [5.41, 5.74) is 0. The van der Waals surface area contributed by atoms with E-state index in [0.29, 0.717) is 6.42 Å². The van der Waals surface area contributed by atoms with E-state index in [4.69, 9.17) is 5.11 Å². The van der Waals surface area contributed by atoms with E-state index in [0.717, 1.165) is 18.6 Å². The van der Waals surface area contributed by atoms with Crippen LogP contribution < -0.4 is 4.72 Å². The van der Waals surface area contributed by atoms with Crippen molar-refractivity contribution in [1.29, 1.82) is 0 Å². The second kappa shape index (κ2) is 6.63. The first kappa shape index (κ1) is 15.6. The number of hydrogen-bond donors (Lipinski definition) is 2. The van der Waals surface area contributed by atoms with Crippen LogP contribution in [0.4, 0.5) is 4.39 Å². The standard InChI is InChI=1S/C12H16FNO4S/c1-2-3-7-10(12(15)16)14-19(17,18)11-8-5-4-6-9(11)13/h4-6,8,10,14H,2-3,7H2,1H3,(H,15,16). The molecule has 106 valence electrons. The Balaban J connectivity index is 2.95. The molecule has 0 heterocycles. The quantitative estimate of drug-likeness (QED) is 0.801. The first-order valence-corrected chi connectivity index (χ1v) is 7.36. The molecule has 1 atom stereocenters. The summed E-state index contributed by atoms with van der Waals surface area (Å²) in [5, 5.41) is 8.96. The number of carboxylic acids is 1. The van der Waals surface area contributed by atoms with Crippen molar-refractivity contribution in [1.82, 2.24) is 4.72 Å². The fourth-order valence-corrected chi connectivity index (χ4v) is 2.86. The Morgan fingerprint density at radius 2 is 2.05 bits per heavy atom. The first-order chi connectivity index (χ1) is 8.88. The van der Waals surface area contributed by atoms with Crippen LogP contribution in [0.25, 0.3) is 0 Å². The molecule has 0 radical (unpaired) electrons. The number of halogens is 1. The lowest BCUT2D eigenvalue weighted by Crippen LogP contribution is -2.40. The Kier molecular flexibility index (Phi) is 5.44. The monoisotopic (exact) mass is 289 g/mol. The highest BCUT2D eigenvalue weighted by Crippen LogP contribution is 2.14. The lowest BCUT2D eigenvalue weighted by atomic mass is 10.1. The van der Waals surface area contributed by atoms with Gasteiger partial charge in [-0.2, -0.15) is 4.72 Å². The SMILES string of the molecule is CCCCC(NS(=O)(=O)c1ccccc1F)C(=O)O. The highest BCUT2D eigenvalue weighted by molar-refractivity contribution is 7.89. The molecule has 0 aromatic heterocycles. The van der Waals surface area contributed by atoms with Crippen molar-refractivity contribution >= 4 is 16.0 Å². The van der Waals surface area contributed by atoms with Crippen LogP contribution >= 0.6 is 0 Å². The summed E-state index contributed by atoms with van der Waals surface area (Å²) in [7, 11) is -4.17. The molecule has 0 fully saturated rings. The molecule has 0 spiro atoms. The Labute approximate surface area is 111 Å². The summed E-state index contributed by atoms with van der Waals surface area (Å²) in [6.45, 7) is 1.87. The molecule has 1 rings (SSSR count). The fourth-order valence-electron chi connectivity index (χ4n) is 1.55. The fraction of sp³-hybridized carbons (Fsp3) is 0.417. The molecule has 0 amide bonds. The molecular weight excluding hydrogens is 273 g/mol. The number of benzene rings is 1. The lowest BCUT2D eigenvalue weighted by molar-refractivity contribution is -0.139. The zero-order chi connectivity index (χ0) is 14.5. The Morgan fingerprint density at radius 1 is 1.42 bits per heavy atom. The van der Waals surface area contributed by atoms with E-state index in [1.165, 1.54) is 12.1 Å². The lowest BCUT2D eigenvalue weighted by Gasteiger charge is -2.14. The van der Waals surface area contributed by atoms with Crippen LogP contribution in [0.5, 0.6) is 0 Å². The Hall–Kier alpha value is -1.47. The number of aliphatic carboxylic acids is 1. The minimum atomic E-state index is -4.17. The van der Waals surface area contributed by atoms with Crippen LogP contribution in [0.2, 0.25) is 0 Å². The molecule has 19 heavy (non-hydrogen) atoms. The maximum absolute atomic E-state index is 13.4. The minimum absolute atomic E-state index is 0.166. The first-order valence-electron chi connectivity index (χ1n) is 5.88. The molecule has 0 aliphatic carbocycles. The van der Waals surface area contributed by atoms with Gasteiger partial charge in [0.2, 0.25) is 10.0 Å². The predicted molar refractivity (Wildman–Crippen MR) is 67.7 cm³/mol. The van der Waals surface area contributed by atoms with E-state index in [-0.39, 0.29) is 6.42 Å². The molecule has 0 saturated carbocycles. The van der Waals surface area contributed by atoms with Gasteiger partial charge in [0.1, 0.15) is 16.8 Å². The van der Waals surface area contributed by atoms with Crippen molar-refractivity contribution in [3.8, 4) is 0 Å². The third kappa shape index (κ3) is 4.29. The van der Waals surface area contributed by atoms with Crippen LogP contribution in [0.15, 0.2) is 29.2 Å². The van der Waals surface area contributed by atoms with E-state index >= 15 is 0 Å².